The van der Waals surface area contributed by atoms with Crippen LogP contribution in [-0.2, 0) is 11.2 Å². The number of nitrogens with one attached hydrogen (secondary N) is 2. The molecule has 3 heterocycles. The quantitative estimate of drug-likeness (QED) is 0.216. The Hall–Kier alpha value is -2.41. The Morgan fingerprint density at radius 2 is 2.08 bits per heavy atom. The maximum absolute atomic E-state index is 14.9. The number of rotatable bonds is 7. The summed E-state index contributed by atoms with van der Waals surface area (Å²) in [7, 11) is -0.254. The minimum Gasteiger partial charge on any atom is -0.466 e. The number of pyridine rings is 1. The first kappa shape index (κ1) is 27.6. The van der Waals surface area contributed by atoms with E-state index in [9.17, 15) is 4.39 Å². The standard InChI is InChI=1S/C30H43FN4OS/c1-8-10-25(36-26(9-2)30(4,5)6)21-12-11-20(16-21)23-18-27(35-34-23)32-24-17-22-15-19(3)13-14-37(7)29(22)33-28(24)31/h9-10,17-21H,7-8,11-16H2,1-6H3,(H2,32,34,35)/b25-10+,26-9-. The van der Waals surface area contributed by atoms with Crippen molar-refractivity contribution in [3.05, 3.63) is 53.0 Å². The van der Waals surface area contributed by atoms with Crippen molar-refractivity contribution >= 4 is 27.9 Å². The van der Waals surface area contributed by atoms with Crippen molar-refractivity contribution < 1.29 is 9.13 Å². The molecule has 2 N–H and O–H groups in total. The van der Waals surface area contributed by atoms with Gasteiger partial charge < -0.3 is 10.1 Å². The van der Waals surface area contributed by atoms with Crippen LogP contribution in [-0.4, -0.2) is 26.8 Å². The second kappa shape index (κ2) is 11.5. The van der Waals surface area contributed by atoms with E-state index in [-0.39, 0.29) is 15.9 Å². The van der Waals surface area contributed by atoms with Crippen LogP contribution in [0.15, 0.2) is 40.8 Å². The molecule has 4 rings (SSSR count). The van der Waals surface area contributed by atoms with E-state index in [0.29, 0.717) is 29.3 Å². The summed E-state index contributed by atoms with van der Waals surface area (Å²) in [6, 6.07) is 3.93. The van der Waals surface area contributed by atoms with E-state index in [4.69, 9.17) is 4.74 Å². The Kier molecular flexibility index (Phi) is 8.62. The van der Waals surface area contributed by atoms with E-state index in [1.165, 1.54) is 0 Å². The molecular weight excluding hydrogens is 483 g/mol. The average molecular weight is 527 g/mol. The molecule has 2 aromatic rings. The van der Waals surface area contributed by atoms with Gasteiger partial charge in [0, 0.05) is 29.0 Å². The number of ether oxygens (including phenoxy) is 1. The first-order chi connectivity index (χ1) is 17.6. The zero-order valence-corrected chi connectivity index (χ0v) is 24.1. The molecular formula is C30H43FN4OS. The van der Waals surface area contributed by atoms with Crippen molar-refractivity contribution in [3.63, 3.8) is 0 Å². The fourth-order valence-corrected chi connectivity index (χ4v) is 7.06. The lowest BCUT2D eigenvalue weighted by Crippen LogP contribution is -2.15. The van der Waals surface area contributed by atoms with Gasteiger partial charge in [-0.05, 0) is 80.9 Å². The van der Waals surface area contributed by atoms with Crippen LogP contribution in [0.25, 0.3) is 0 Å². The number of H-pyrrole nitrogens is 1. The Morgan fingerprint density at radius 1 is 1.30 bits per heavy atom. The predicted octanol–water partition coefficient (Wildman–Crippen LogP) is 8.47. The smallest absolute Gasteiger partial charge is 0.237 e. The van der Waals surface area contributed by atoms with Crippen LogP contribution in [0.3, 0.4) is 0 Å². The predicted molar refractivity (Wildman–Crippen MR) is 154 cm³/mol. The summed E-state index contributed by atoms with van der Waals surface area (Å²) >= 11 is 0. The Bertz CT molecular complexity index is 1190. The molecule has 0 aromatic carbocycles. The van der Waals surface area contributed by atoms with E-state index in [2.05, 4.69) is 73.1 Å². The minimum atomic E-state index is -0.481. The summed E-state index contributed by atoms with van der Waals surface area (Å²) in [6.07, 6.45) is 10.4. The molecule has 0 spiro atoms. The molecule has 1 aliphatic heterocycles. The molecule has 5 nitrogen and oxygen atoms in total. The van der Waals surface area contributed by atoms with Gasteiger partial charge in [0.15, 0.2) is 5.82 Å². The van der Waals surface area contributed by atoms with Gasteiger partial charge >= 0.3 is 0 Å². The van der Waals surface area contributed by atoms with E-state index in [1.807, 2.05) is 19.1 Å². The molecule has 0 radical (unpaired) electrons. The van der Waals surface area contributed by atoms with Gasteiger partial charge in [-0.1, -0.05) is 40.5 Å². The van der Waals surface area contributed by atoms with E-state index < -0.39 is 5.95 Å². The van der Waals surface area contributed by atoms with Crippen molar-refractivity contribution in [2.45, 2.75) is 91.0 Å². The highest BCUT2D eigenvalue weighted by Gasteiger charge is 2.32. The molecule has 1 aliphatic carbocycles. The number of fused-ring (bicyclic) bond motifs is 1. The first-order valence-corrected chi connectivity index (χ1v) is 15.2. The summed E-state index contributed by atoms with van der Waals surface area (Å²) in [5.74, 6) is 8.76. The first-order valence-electron chi connectivity index (χ1n) is 13.7. The molecule has 202 valence electrons. The number of anilines is 2. The summed E-state index contributed by atoms with van der Waals surface area (Å²) in [5.41, 5.74) is 2.54. The van der Waals surface area contributed by atoms with Crippen molar-refractivity contribution in [1.29, 1.82) is 0 Å². The molecule has 2 aromatic heterocycles. The number of allylic oxidation sites excluding steroid dienone is 4. The van der Waals surface area contributed by atoms with Crippen LogP contribution in [0.1, 0.15) is 90.8 Å². The molecule has 1 saturated carbocycles. The number of halogens is 1. The summed E-state index contributed by atoms with van der Waals surface area (Å²) < 4.78 is 21.4. The Morgan fingerprint density at radius 3 is 2.78 bits per heavy atom. The monoisotopic (exact) mass is 526 g/mol. The van der Waals surface area contributed by atoms with Crippen molar-refractivity contribution in [2.24, 2.45) is 17.3 Å². The number of hydrogen-bond acceptors (Lipinski definition) is 4. The van der Waals surface area contributed by atoms with Gasteiger partial charge in [0.1, 0.15) is 11.5 Å². The maximum atomic E-state index is 14.9. The summed E-state index contributed by atoms with van der Waals surface area (Å²) in [5, 5.41) is 11.7. The van der Waals surface area contributed by atoms with Gasteiger partial charge in [-0.15, -0.1) is 10.5 Å². The second-order valence-corrected chi connectivity index (χ2v) is 13.4. The Balaban J connectivity index is 1.46. The van der Waals surface area contributed by atoms with Gasteiger partial charge in [0.05, 0.1) is 10.7 Å². The number of aromatic nitrogens is 3. The van der Waals surface area contributed by atoms with Gasteiger partial charge in [-0.2, -0.15) is 9.49 Å². The lowest BCUT2D eigenvalue weighted by molar-refractivity contribution is 0.186. The van der Waals surface area contributed by atoms with Crippen LogP contribution in [0.5, 0.6) is 0 Å². The molecule has 7 heteroatoms. The van der Waals surface area contributed by atoms with Crippen LogP contribution < -0.4 is 5.32 Å². The largest absolute Gasteiger partial charge is 0.466 e. The van der Waals surface area contributed by atoms with Gasteiger partial charge in [-0.3, -0.25) is 5.10 Å². The molecule has 4 unspecified atom stereocenters. The van der Waals surface area contributed by atoms with E-state index in [1.54, 1.807) is 0 Å². The minimum absolute atomic E-state index is 0.0312. The molecule has 1 fully saturated rings. The van der Waals surface area contributed by atoms with Gasteiger partial charge in [-0.25, -0.2) is 4.98 Å². The highest BCUT2D eigenvalue weighted by atomic mass is 32.2. The Labute approximate surface area is 224 Å². The zero-order chi connectivity index (χ0) is 26.7. The molecule has 2 aliphatic rings. The lowest BCUT2D eigenvalue weighted by atomic mass is 9.93. The van der Waals surface area contributed by atoms with Crippen molar-refractivity contribution in [3.8, 4) is 0 Å². The fraction of sp³-hybridized carbons (Fsp3) is 0.567. The molecule has 0 saturated heterocycles. The molecule has 0 amide bonds. The fourth-order valence-electron chi connectivity index (χ4n) is 5.45. The third-order valence-corrected chi connectivity index (χ3v) is 9.11. The van der Waals surface area contributed by atoms with Crippen LogP contribution in [0.4, 0.5) is 15.9 Å². The van der Waals surface area contributed by atoms with Crippen LogP contribution >= 0.6 is 10.5 Å². The second-order valence-electron chi connectivity index (χ2n) is 11.6. The summed E-state index contributed by atoms with van der Waals surface area (Å²) in [4.78, 5) is 4.32. The zero-order valence-electron chi connectivity index (χ0n) is 23.3. The highest BCUT2D eigenvalue weighted by Crippen LogP contribution is 2.44. The van der Waals surface area contributed by atoms with Crippen molar-refractivity contribution in [2.75, 3.05) is 11.1 Å². The van der Waals surface area contributed by atoms with Crippen LogP contribution in [0, 0.1) is 23.2 Å². The maximum Gasteiger partial charge on any atom is 0.237 e. The van der Waals surface area contributed by atoms with E-state index >= 15 is 0 Å². The number of aromatic amines is 1. The third-order valence-electron chi connectivity index (χ3n) is 7.48. The highest BCUT2D eigenvalue weighted by molar-refractivity contribution is 8.14. The van der Waals surface area contributed by atoms with Crippen LogP contribution in [0.2, 0.25) is 0 Å². The third kappa shape index (κ3) is 6.54. The van der Waals surface area contributed by atoms with Gasteiger partial charge in [0.2, 0.25) is 5.95 Å². The van der Waals surface area contributed by atoms with Gasteiger partial charge in [0.25, 0.3) is 0 Å². The average Bonchev–Trinajstić information content (AvgIpc) is 3.48. The topological polar surface area (TPSA) is 62.8 Å². The normalized spacial score (nSPS) is 25.1. The van der Waals surface area contributed by atoms with Crippen molar-refractivity contribution in [1.82, 2.24) is 15.2 Å². The lowest BCUT2D eigenvalue weighted by Gasteiger charge is -2.26. The number of nitrogens with zero attached hydrogens (tertiary/aromatic N) is 2. The molecule has 37 heavy (non-hydrogen) atoms. The molecule has 0 bridgehead atoms. The van der Waals surface area contributed by atoms with E-state index in [0.717, 1.165) is 72.1 Å². The SMILES string of the molecule is C=S1CCC(C)Cc2cc(Nc3cc(C4CCC(/C(=C\CC)O/C(=C\C)C(C)(C)C)C4)[nH]n3)c(F)nc21. The number of hydrogen-bond donors (Lipinski definition) is 2. The molecule has 4 atom stereocenters. The summed E-state index contributed by atoms with van der Waals surface area (Å²) in [6.45, 7) is 13.0.